The molecule has 1 aliphatic rings. The first kappa shape index (κ1) is 14.0. The molecular weight excluding hydrogens is 246 g/mol. The second-order valence-corrected chi connectivity index (χ2v) is 4.47. The number of benzene rings is 1. The summed E-state index contributed by atoms with van der Waals surface area (Å²) in [7, 11) is 3.35. The fraction of sp³-hybridized carbons (Fsp3) is 0.571. The van der Waals surface area contributed by atoms with E-state index in [1.54, 1.807) is 14.2 Å². The Hall–Kier alpha value is -1.46. The van der Waals surface area contributed by atoms with Crippen molar-refractivity contribution in [1.82, 2.24) is 5.32 Å². The van der Waals surface area contributed by atoms with E-state index in [-0.39, 0.29) is 6.79 Å². The summed E-state index contributed by atoms with van der Waals surface area (Å²) in [5.41, 5.74) is 1.11. The number of ether oxygens (including phenoxy) is 4. The van der Waals surface area contributed by atoms with Gasteiger partial charge in [-0.3, -0.25) is 0 Å². The molecule has 0 aliphatic carbocycles. The zero-order chi connectivity index (χ0) is 13.7. The summed E-state index contributed by atoms with van der Waals surface area (Å²) < 4.78 is 21.3. The number of hydrogen-bond acceptors (Lipinski definition) is 5. The highest BCUT2D eigenvalue weighted by molar-refractivity contribution is 5.55. The third-order valence-corrected chi connectivity index (χ3v) is 3.17. The molecule has 0 radical (unpaired) electrons. The average Bonchev–Trinajstić information content (AvgIpc) is 2.90. The monoisotopic (exact) mass is 267 g/mol. The molecule has 1 heterocycles. The van der Waals surface area contributed by atoms with Gasteiger partial charge in [-0.1, -0.05) is 6.92 Å². The standard InChI is InChI=1S/C14H21NO4/c1-4-11(8-16-2)15-7-10-5-12(17-3)14-13(6-10)18-9-19-14/h5-6,11,15H,4,7-9H2,1-3H3. The van der Waals surface area contributed by atoms with Gasteiger partial charge in [-0.05, 0) is 24.1 Å². The van der Waals surface area contributed by atoms with Crippen molar-refractivity contribution >= 4 is 0 Å². The van der Waals surface area contributed by atoms with Gasteiger partial charge in [-0.2, -0.15) is 0 Å². The first-order valence-electron chi connectivity index (χ1n) is 6.47. The van der Waals surface area contributed by atoms with E-state index in [9.17, 15) is 0 Å². The maximum Gasteiger partial charge on any atom is 0.231 e. The van der Waals surface area contributed by atoms with E-state index in [1.165, 1.54) is 0 Å². The van der Waals surface area contributed by atoms with E-state index in [0.29, 0.717) is 24.1 Å². The predicted octanol–water partition coefficient (Wildman–Crippen LogP) is 1.94. The quantitative estimate of drug-likeness (QED) is 0.818. The first-order chi connectivity index (χ1) is 9.28. The van der Waals surface area contributed by atoms with Crippen molar-refractivity contribution in [3.8, 4) is 17.2 Å². The van der Waals surface area contributed by atoms with Crippen molar-refractivity contribution in [2.24, 2.45) is 0 Å². The fourth-order valence-corrected chi connectivity index (χ4v) is 2.07. The maximum absolute atomic E-state index is 5.41. The lowest BCUT2D eigenvalue weighted by Crippen LogP contribution is -2.31. The molecule has 1 atom stereocenters. The van der Waals surface area contributed by atoms with Crippen LogP contribution in [0.1, 0.15) is 18.9 Å². The fourth-order valence-electron chi connectivity index (χ4n) is 2.07. The molecule has 0 saturated carbocycles. The Balaban J connectivity index is 2.04. The number of nitrogens with one attached hydrogen (secondary N) is 1. The van der Waals surface area contributed by atoms with Crippen LogP contribution in [0.5, 0.6) is 17.2 Å². The van der Waals surface area contributed by atoms with E-state index in [0.717, 1.165) is 24.3 Å². The lowest BCUT2D eigenvalue weighted by molar-refractivity contribution is 0.164. The van der Waals surface area contributed by atoms with Gasteiger partial charge in [0, 0.05) is 19.7 Å². The number of fused-ring (bicyclic) bond motifs is 1. The smallest absolute Gasteiger partial charge is 0.231 e. The molecule has 0 aromatic heterocycles. The summed E-state index contributed by atoms with van der Waals surface area (Å²) in [5, 5.41) is 3.45. The van der Waals surface area contributed by atoms with E-state index < -0.39 is 0 Å². The Kier molecular flexibility index (Phi) is 4.87. The summed E-state index contributed by atoms with van der Waals surface area (Å²) in [6.07, 6.45) is 1.02. The molecule has 19 heavy (non-hydrogen) atoms. The van der Waals surface area contributed by atoms with Crippen LogP contribution < -0.4 is 19.5 Å². The molecule has 5 nitrogen and oxygen atoms in total. The molecule has 1 aromatic carbocycles. The van der Waals surface area contributed by atoms with Crippen molar-refractivity contribution in [1.29, 1.82) is 0 Å². The molecule has 1 N–H and O–H groups in total. The normalized spacial score (nSPS) is 14.5. The highest BCUT2D eigenvalue weighted by Crippen LogP contribution is 2.41. The van der Waals surface area contributed by atoms with Gasteiger partial charge in [-0.15, -0.1) is 0 Å². The topological polar surface area (TPSA) is 49.0 Å². The van der Waals surface area contributed by atoms with Crippen molar-refractivity contribution in [2.75, 3.05) is 27.6 Å². The Morgan fingerprint density at radius 1 is 1.32 bits per heavy atom. The van der Waals surface area contributed by atoms with E-state index in [2.05, 4.69) is 12.2 Å². The van der Waals surface area contributed by atoms with Gasteiger partial charge in [0.1, 0.15) is 0 Å². The van der Waals surface area contributed by atoms with E-state index in [1.807, 2.05) is 12.1 Å². The Bertz CT molecular complexity index is 422. The third kappa shape index (κ3) is 3.30. The largest absolute Gasteiger partial charge is 0.493 e. The van der Waals surface area contributed by atoms with Crippen LogP contribution >= 0.6 is 0 Å². The van der Waals surface area contributed by atoms with Crippen molar-refractivity contribution in [3.05, 3.63) is 17.7 Å². The zero-order valence-corrected chi connectivity index (χ0v) is 11.7. The van der Waals surface area contributed by atoms with Crippen LogP contribution in [0.15, 0.2) is 12.1 Å². The Morgan fingerprint density at radius 3 is 2.84 bits per heavy atom. The Morgan fingerprint density at radius 2 is 2.16 bits per heavy atom. The van der Waals surface area contributed by atoms with E-state index in [4.69, 9.17) is 18.9 Å². The van der Waals surface area contributed by atoms with Crippen LogP contribution in [0.2, 0.25) is 0 Å². The molecule has 0 bridgehead atoms. The number of rotatable bonds is 7. The molecule has 0 fully saturated rings. The van der Waals surface area contributed by atoms with Crippen molar-refractivity contribution in [3.63, 3.8) is 0 Å². The van der Waals surface area contributed by atoms with Crippen LogP contribution in [0, 0.1) is 0 Å². The van der Waals surface area contributed by atoms with Gasteiger partial charge in [-0.25, -0.2) is 0 Å². The van der Waals surface area contributed by atoms with Gasteiger partial charge in [0.05, 0.1) is 13.7 Å². The maximum atomic E-state index is 5.41. The summed E-state index contributed by atoms with van der Waals surface area (Å²) in [5.74, 6) is 2.15. The SMILES string of the molecule is CCC(COC)NCc1cc(OC)c2c(c1)OCO2. The molecule has 0 saturated heterocycles. The van der Waals surface area contributed by atoms with Crippen LogP contribution in [-0.4, -0.2) is 33.7 Å². The molecule has 5 heteroatoms. The van der Waals surface area contributed by atoms with Crippen LogP contribution in [0.4, 0.5) is 0 Å². The minimum atomic E-state index is 0.254. The second-order valence-electron chi connectivity index (χ2n) is 4.47. The zero-order valence-electron chi connectivity index (χ0n) is 11.7. The lowest BCUT2D eigenvalue weighted by Gasteiger charge is -2.16. The molecule has 1 unspecified atom stereocenters. The minimum Gasteiger partial charge on any atom is -0.493 e. The van der Waals surface area contributed by atoms with Crippen molar-refractivity contribution in [2.45, 2.75) is 25.9 Å². The van der Waals surface area contributed by atoms with Gasteiger partial charge in [0.2, 0.25) is 12.5 Å². The molecule has 1 aromatic rings. The molecule has 1 aliphatic heterocycles. The predicted molar refractivity (Wildman–Crippen MR) is 71.9 cm³/mol. The minimum absolute atomic E-state index is 0.254. The Labute approximate surface area is 113 Å². The van der Waals surface area contributed by atoms with Gasteiger partial charge in [0.25, 0.3) is 0 Å². The summed E-state index contributed by atoms with van der Waals surface area (Å²) in [4.78, 5) is 0. The molecule has 0 amide bonds. The number of methoxy groups -OCH3 is 2. The molecule has 106 valence electrons. The average molecular weight is 267 g/mol. The van der Waals surface area contributed by atoms with Crippen LogP contribution in [0.3, 0.4) is 0 Å². The summed E-state index contributed by atoms with van der Waals surface area (Å²) in [6, 6.07) is 4.30. The summed E-state index contributed by atoms with van der Waals surface area (Å²) >= 11 is 0. The van der Waals surface area contributed by atoms with Crippen molar-refractivity contribution < 1.29 is 18.9 Å². The third-order valence-electron chi connectivity index (χ3n) is 3.17. The van der Waals surface area contributed by atoms with Gasteiger partial charge >= 0.3 is 0 Å². The second kappa shape index (κ2) is 6.63. The summed E-state index contributed by atoms with van der Waals surface area (Å²) in [6.45, 7) is 3.84. The van der Waals surface area contributed by atoms with E-state index >= 15 is 0 Å². The molecular formula is C14H21NO4. The highest BCUT2D eigenvalue weighted by Gasteiger charge is 2.20. The number of hydrogen-bond donors (Lipinski definition) is 1. The van der Waals surface area contributed by atoms with Crippen LogP contribution in [0.25, 0.3) is 0 Å². The first-order valence-corrected chi connectivity index (χ1v) is 6.47. The highest BCUT2D eigenvalue weighted by atomic mass is 16.7. The lowest BCUT2D eigenvalue weighted by atomic mass is 10.1. The molecule has 0 spiro atoms. The van der Waals surface area contributed by atoms with Crippen LogP contribution in [-0.2, 0) is 11.3 Å². The van der Waals surface area contributed by atoms with Gasteiger partial charge in [0.15, 0.2) is 11.5 Å². The van der Waals surface area contributed by atoms with Gasteiger partial charge < -0.3 is 24.3 Å². The molecule has 2 rings (SSSR count).